The highest BCUT2D eigenvalue weighted by atomic mass is 79.9. The first-order chi connectivity index (χ1) is 12.7. The minimum absolute atomic E-state index is 0.204. The third-order valence-electron chi connectivity index (χ3n) is 5.41. The van der Waals surface area contributed by atoms with Crippen LogP contribution in [0.15, 0.2) is 34.1 Å². The van der Waals surface area contributed by atoms with Crippen molar-refractivity contribution in [3.63, 3.8) is 0 Å². The van der Waals surface area contributed by atoms with Crippen LogP contribution in [0.4, 0.5) is 5.13 Å². The molecule has 2 saturated heterocycles. The number of aromatic nitrogens is 1. The van der Waals surface area contributed by atoms with Crippen LogP contribution < -0.4 is 4.90 Å². The Morgan fingerprint density at radius 2 is 1.73 bits per heavy atom. The fraction of sp³-hybridized carbons (Fsp3) is 0.500. The van der Waals surface area contributed by atoms with Gasteiger partial charge in [-0.05, 0) is 44.2 Å². The quantitative estimate of drug-likeness (QED) is 0.696. The first-order valence-electron chi connectivity index (χ1n) is 9.46. The summed E-state index contributed by atoms with van der Waals surface area (Å²) in [6.07, 6.45) is 5.50. The molecule has 138 valence electrons. The summed E-state index contributed by atoms with van der Waals surface area (Å²) in [7, 11) is 0. The first-order valence-corrected chi connectivity index (χ1v) is 11.1. The van der Waals surface area contributed by atoms with Crippen LogP contribution in [-0.2, 0) is 4.79 Å². The summed E-state index contributed by atoms with van der Waals surface area (Å²) < 4.78 is 1.08. The van der Waals surface area contributed by atoms with Crippen molar-refractivity contribution in [3.05, 3.63) is 34.1 Å². The summed E-state index contributed by atoms with van der Waals surface area (Å²) in [6.45, 7) is 3.78. The van der Waals surface area contributed by atoms with E-state index < -0.39 is 0 Å². The van der Waals surface area contributed by atoms with Gasteiger partial charge in [-0.15, -0.1) is 11.3 Å². The van der Waals surface area contributed by atoms with E-state index in [1.54, 1.807) is 11.3 Å². The zero-order valence-corrected chi connectivity index (χ0v) is 17.3. The Kier molecular flexibility index (Phi) is 5.60. The van der Waals surface area contributed by atoms with Gasteiger partial charge in [0.05, 0.1) is 5.69 Å². The molecule has 0 radical (unpaired) electrons. The minimum atomic E-state index is 0.204. The van der Waals surface area contributed by atoms with Crippen molar-refractivity contribution in [2.24, 2.45) is 5.92 Å². The highest BCUT2D eigenvalue weighted by molar-refractivity contribution is 9.10. The van der Waals surface area contributed by atoms with Gasteiger partial charge in [-0.3, -0.25) is 4.79 Å². The van der Waals surface area contributed by atoms with E-state index in [-0.39, 0.29) is 5.92 Å². The highest BCUT2D eigenvalue weighted by Crippen LogP contribution is 2.31. The molecule has 1 aromatic heterocycles. The molecule has 0 bridgehead atoms. The number of hydrogen-bond acceptors (Lipinski definition) is 4. The van der Waals surface area contributed by atoms with E-state index in [2.05, 4.69) is 43.2 Å². The lowest BCUT2D eigenvalue weighted by Gasteiger charge is -2.35. The largest absolute Gasteiger partial charge is 0.348 e. The van der Waals surface area contributed by atoms with Gasteiger partial charge >= 0.3 is 0 Å². The van der Waals surface area contributed by atoms with Crippen LogP contribution in [0.25, 0.3) is 11.3 Å². The summed E-state index contributed by atoms with van der Waals surface area (Å²) >= 11 is 5.18. The maximum Gasteiger partial charge on any atom is 0.225 e. The number of halogens is 1. The Morgan fingerprint density at radius 3 is 2.42 bits per heavy atom. The molecule has 2 fully saturated rings. The van der Waals surface area contributed by atoms with Crippen molar-refractivity contribution in [2.45, 2.75) is 32.1 Å². The van der Waals surface area contributed by atoms with E-state index in [1.807, 2.05) is 12.1 Å². The van der Waals surface area contributed by atoms with Gasteiger partial charge in [0.1, 0.15) is 0 Å². The third-order valence-corrected chi connectivity index (χ3v) is 6.84. The van der Waals surface area contributed by atoms with Crippen LogP contribution in [0.1, 0.15) is 32.1 Å². The molecule has 3 heterocycles. The molecule has 1 aromatic carbocycles. The molecule has 0 unspecified atom stereocenters. The van der Waals surface area contributed by atoms with Crippen LogP contribution in [0.3, 0.4) is 0 Å². The summed E-state index contributed by atoms with van der Waals surface area (Å²) in [5.74, 6) is 0.592. The summed E-state index contributed by atoms with van der Waals surface area (Å²) in [5.41, 5.74) is 2.18. The number of amides is 1. The summed E-state index contributed by atoms with van der Waals surface area (Å²) in [6, 6.07) is 8.27. The van der Waals surface area contributed by atoms with Crippen LogP contribution in [0, 0.1) is 5.92 Å². The second-order valence-corrected chi connectivity index (χ2v) is 8.92. The maximum atomic E-state index is 12.7. The fourth-order valence-electron chi connectivity index (χ4n) is 3.85. The minimum Gasteiger partial charge on any atom is -0.348 e. The van der Waals surface area contributed by atoms with Crippen molar-refractivity contribution in [1.82, 2.24) is 9.88 Å². The van der Waals surface area contributed by atoms with Crippen molar-refractivity contribution >= 4 is 38.3 Å². The van der Waals surface area contributed by atoms with Crippen molar-refractivity contribution in [3.8, 4) is 11.3 Å². The number of nitrogens with zero attached hydrogens (tertiary/aromatic N) is 3. The van der Waals surface area contributed by atoms with Crippen molar-refractivity contribution in [1.29, 1.82) is 0 Å². The standard InChI is InChI=1S/C20H24BrN3OS/c21-17-6-4-15(5-7-17)18-14-26-20(22-18)24-12-8-16(9-13-24)19(25)23-10-2-1-3-11-23/h4-7,14,16H,1-3,8-13H2. The predicted octanol–water partition coefficient (Wildman–Crippen LogP) is 4.80. The Balaban J connectivity index is 1.36. The van der Waals surface area contributed by atoms with Crippen LogP contribution in [0.5, 0.6) is 0 Å². The number of likely N-dealkylation sites (tertiary alicyclic amines) is 1. The summed E-state index contributed by atoms with van der Waals surface area (Å²) in [5, 5.41) is 3.20. The molecular weight excluding hydrogens is 410 g/mol. The average molecular weight is 434 g/mol. The van der Waals surface area contributed by atoms with E-state index >= 15 is 0 Å². The van der Waals surface area contributed by atoms with Gasteiger partial charge in [0.2, 0.25) is 5.91 Å². The monoisotopic (exact) mass is 433 g/mol. The van der Waals surface area contributed by atoms with Gasteiger partial charge in [0.15, 0.2) is 5.13 Å². The Morgan fingerprint density at radius 1 is 1.04 bits per heavy atom. The predicted molar refractivity (Wildman–Crippen MR) is 111 cm³/mol. The molecule has 6 heteroatoms. The number of rotatable bonds is 3. The van der Waals surface area contributed by atoms with E-state index in [1.165, 1.54) is 19.3 Å². The van der Waals surface area contributed by atoms with Crippen LogP contribution in [-0.4, -0.2) is 42.0 Å². The fourth-order valence-corrected chi connectivity index (χ4v) is 5.01. The van der Waals surface area contributed by atoms with Crippen molar-refractivity contribution < 1.29 is 4.79 Å². The number of thiazole rings is 1. The van der Waals surface area contributed by atoms with E-state index in [0.717, 1.165) is 59.9 Å². The molecule has 2 aliphatic rings. The molecule has 0 aliphatic carbocycles. The Hall–Kier alpha value is -1.40. The molecule has 1 amide bonds. The number of carbonyl (C=O) groups is 1. The van der Waals surface area contributed by atoms with E-state index in [0.29, 0.717) is 5.91 Å². The number of anilines is 1. The zero-order valence-electron chi connectivity index (χ0n) is 14.9. The van der Waals surface area contributed by atoms with Gasteiger partial charge in [-0.1, -0.05) is 28.1 Å². The summed E-state index contributed by atoms with van der Waals surface area (Å²) in [4.78, 5) is 22.0. The normalized spacial score (nSPS) is 19.0. The molecule has 26 heavy (non-hydrogen) atoms. The van der Waals surface area contributed by atoms with Gasteiger partial charge < -0.3 is 9.80 Å². The molecule has 0 N–H and O–H groups in total. The maximum absolute atomic E-state index is 12.7. The molecule has 0 saturated carbocycles. The SMILES string of the molecule is O=C(C1CCN(c2nc(-c3ccc(Br)cc3)cs2)CC1)N1CCCCC1. The number of carbonyl (C=O) groups excluding carboxylic acids is 1. The number of hydrogen-bond donors (Lipinski definition) is 0. The third kappa shape index (κ3) is 3.96. The van der Waals surface area contributed by atoms with Gasteiger partial charge in [0.25, 0.3) is 0 Å². The second kappa shape index (κ2) is 8.09. The molecule has 4 nitrogen and oxygen atoms in total. The lowest BCUT2D eigenvalue weighted by atomic mass is 9.94. The van der Waals surface area contributed by atoms with E-state index in [4.69, 9.17) is 4.98 Å². The molecular formula is C20H24BrN3OS. The number of benzene rings is 1. The van der Waals surface area contributed by atoms with Gasteiger partial charge in [0, 0.05) is 47.5 Å². The Bertz CT molecular complexity index is 747. The van der Waals surface area contributed by atoms with Crippen LogP contribution in [0.2, 0.25) is 0 Å². The molecule has 2 aliphatic heterocycles. The van der Waals surface area contributed by atoms with E-state index in [9.17, 15) is 4.79 Å². The topological polar surface area (TPSA) is 36.4 Å². The lowest BCUT2D eigenvalue weighted by molar-refractivity contribution is -0.137. The second-order valence-electron chi connectivity index (χ2n) is 7.17. The smallest absolute Gasteiger partial charge is 0.225 e. The highest BCUT2D eigenvalue weighted by Gasteiger charge is 2.30. The lowest BCUT2D eigenvalue weighted by Crippen LogP contribution is -2.44. The zero-order chi connectivity index (χ0) is 17.9. The average Bonchev–Trinajstić information content (AvgIpc) is 3.19. The van der Waals surface area contributed by atoms with Gasteiger partial charge in [-0.2, -0.15) is 0 Å². The van der Waals surface area contributed by atoms with Gasteiger partial charge in [-0.25, -0.2) is 4.98 Å². The van der Waals surface area contributed by atoms with Crippen molar-refractivity contribution in [2.75, 3.05) is 31.1 Å². The molecule has 2 aromatic rings. The number of piperidine rings is 2. The van der Waals surface area contributed by atoms with Crippen LogP contribution >= 0.6 is 27.3 Å². The molecule has 4 rings (SSSR count). The molecule has 0 spiro atoms. The first kappa shape index (κ1) is 18.0. The molecule has 0 atom stereocenters. The Labute approximate surface area is 167 Å².